The number of carbonyl (C=O) groups is 2. The zero-order valence-corrected chi connectivity index (χ0v) is 27.8. The number of esters is 1. The van der Waals surface area contributed by atoms with Crippen molar-refractivity contribution in [2.24, 2.45) is 0 Å². The van der Waals surface area contributed by atoms with Crippen LogP contribution < -0.4 is 5.32 Å². The molecule has 2 atom stereocenters. The number of carbonyl (C=O) groups excluding carboxylic acids is 2. The second-order valence-electron chi connectivity index (χ2n) is 11.8. The van der Waals surface area contributed by atoms with Crippen LogP contribution in [-0.2, 0) is 14.3 Å². The molecule has 3 N–H and O–H groups in total. The van der Waals surface area contributed by atoms with Crippen LogP contribution in [0.15, 0.2) is 60.7 Å². The van der Waals surface area contributed by atoms with Crippen molar-refractivity contribution < 1.29 is 24.5 Å². The topological polar surface area (TPSA) is 95.9 Å². The molecule has 0 saturated carbocycles. The highest BCUT2D eigenvalue weighted by Gasteiger charge is 2.27. The van der Waals surface area contributed by atoms with E-state index in [1.165, 1.54) is 88.8 Å². The van der Waals surface area contributed by atoms with Gasteiger partial charge in [0, 0.05) is 17.9 Å². The van der Waals surface area contributed by atoms with E-state index in [-0.39, 0.29) is 24.0 Å². The molecule has 2 rings (SSSR count). The van der Waals surface area contributed by atoms with E-state index in [2.05, 4.69) is 12.2 Å². The SMILES string of the molecule is CCCCCCCCCCCCCCCCCC(=O)N[C@H](CSC[C@H](O)CO)C(=O)OC(c1ccccc1)c1ccccc1. The van der Waals surface area contributed by atoms with Gasteiger partial charge in [0.2, 0.25) is 5.91 Å². The number of aliphatic hydroxyl groups is 2. The van der Waals surface area contributed by atoms with Gasteiger partial charge in [-0.1, -0.05) is 157 Å². The Labute approximate surface area is 270 Å². The molecule has 2 aromatic rings. The van der Waals surface area contributed by atoms with Gasteiger partial charge in [-0.15, -0.1) is 0 Å². The number of ether oxygens (including phenoxy) is 1. The highest BCUT2D eigenvalue weighted by molar-refractivity contribution is 7.99. The van der Waals surface area contributed by atoms with Crippen LogP contribution in [0.5, 0.6) is 0 Å². The van der Waals surface area contributed by atoms with Gasteiger partial charge in [-0.2, -0.15) is 11.8 Å². The maximum atomic E-state index is 13.4. The van der Waals surface area contributed by atoms with Crippen molar-refractivity contribution in [2.45, 2.75) is 128 Å². The first-order valence-corrected chi connectivity index (χ1v) is 18.2. The summed E-state index contributed by atoms with van der Waals surface area (Å²) in [5.41, 5.74) is 1.69. The Morgan fingerprint density at radius 1 is 0.705 bits per heavy atom. The Bertz CT molecular complexity index is 950. The molecule has 0 unspecified atom stereocenters. The Morgan fingerprint density at radius 3 is 1.61 bits per heavy atom. The number of amides is 1. The van der Waals surface area contributed by atoms with E-state index in [1.807, 2.05) is 60.7 Å². The van der Waals surface area contributed by atoms with Crippen molar-refractivity contribution in [1.29, 1.82) is 0 Å². The maximum Gasteiger partial charge on any atom is 0.330 e. The van der Waals surface area contributed by atoms with Crippen molar-refractivity contribution in [1.82, 2.24) is 5.32 Å². The van der Waals surface area contributed by atoms with Crippen molar-refractivity contribution in [3.05, 3.63) is 71.8 Å². The first-order valence-electron chi connectivity index (χ1n) is 17.0. The average Bonchev–Trinajstić information content (AvgIpc) is 3.05. The zero-order valence-electron chi connectivity index (χ0n) is 27.0. The average molecular weight is 628 g/mol. The van der Waals surface area contributed by atoms with Crippen molar-refractivity contribution >= 4 is 23.6 Å². The van der Waals surface area contributed by atoms with E-state index in [0.717, 1.165) is 30.4 Å². The molecule has 0 aliphatic carbocycles. The third kappa shape index (κ3) is 17.2. The second kappa shape index (κ2) is 24.9. The van der Waals surface area contributed by atoms with Crippen LogP contribution in [0.3, 0.4) is 0 Å². The third-order valence-corrected chi connectivity index (χ3v) is 9.06. The Hall–Kier alpha value is -2.35. The largest absolute Gasteiger partial charge is 0.451 e. The molecule has 0 aromatic heterocycles. The van der Waals surface area contributed by atoms with E-state index in [4.69, 9.17) is 9.84 Å². The van der Waals surface area contributed by atoms with E-state index >= 15 is 0 Å². The van der Waals surface area contributed by atoms with Crippen LogP contribution in [0.25, 0.3) is 0 Å². The molecule has 0 bridgehead atoms. The molecule has 0 saturated heterocycles. The van der Waals surface area contributed by atoms with Crippen LogP contribution in [-0.4, -0.2) is 52.3 Å². The fourth-order valence-corrected chi connectivity index (χ4v) is 6.22. The van der Waals surface area contributed by atoms with Crippen LogP contribution in [0.4, 0.5) is 0 Å². The molecule has 0 aliphatic heterocycles. The van der Waals surface area contributed by atoms with Gasteiger partial charge >= 0.3 is 5.97 Å². The van der Waals surface area contributed by atoms with Crippen LogP contribution in [0, 0.1) is 0 Å². The minimum Gasteiger partial charge on any atom is -0.451 e. The summed E-state index contributed by atoms with van der Waals surface area (Å²) >= 11 is 1.31. The summed E-state index contributed by atoms with van der Waals surface area (Å²) in [6.45, 7) is 1.91. The fraction of sp³-hybridized carbons (Fsp3) is 0.622. The molecule has 44 heavy (non-hydrogen) atoms. The summed E-state index contributed by atoms with van der Waals surface area (Å²) in [5, 5.41) is 21.8. The molecule has 6 nitrogen and oxygen atoms in total. The molecule has 0 fully saturated rings. The standard InChI is InChI=1S/C37H57NO5S/c1-2-3-4-5-6-7-8-9-10-11-12-13-14-15-22-27-35(41)38-34(30-44-29-33(40)28-39)37(42)43-36(31-23-18-16-19-24-31)32-25-20-17-21-26-32/h16-21,23-26,33-34,36,39-40H,2-15,22,27-30H2,1H3,(H,38,41)/t33-,34-/m1/s1. The number of aliphatic hydroxyl groups excluding tert-OH is 2. The Balaban J connectivity index is 1.74. The van der Waals surface area contributed by atoms with Crippen molar-refractivity contribution in [3.8, 4) is 0 Å². The summed E-state index contributed by atoms with van der Waals surface area (Å²) in [6, 6.07) is 18.3. The van der Waals surface area contributed by atoms with Gasteiger partial charge in [-0.3, -0.25) is 4.79 Å². The molecule has 0 aliphatic rings. The van der Waals surface area contributed by atoms with Crippen molar-refractivity contribution in [3.63, 3.8) is 0 Å². The molecular formula is C37H57NO5S. The predicted molar refractivity (Wildman–Crippen MR) is 183 cm³/mol. The van der Waals surface area contributed by atoms with E-state index in [0.29, 0.717) is 6.42 Å². The quantitative estimate of drug-likeness (QED) is 0.0720. The number of benzene rings is 2. The van der Waals surface area contributed by atoms with Gasteiger partial charge in [0.05, 0.1) is 12.7 Å². The summed E-state index contributed by atoms with van der Waals surface area (Å²) < 4.78 is 6.02. The van der Waals surface area contributed by atoms with Crippen LogP contribution in [0.2, 0.25) is 0 Å². The zero-order chi connectivity index (χ0) is 31.7. The lowest BCUT2D eigenvalue weighted by molar-refractivity contribution is -0.151. The van der Waals surface area contributed by atoms with Gasteiger partial charge in [0.1, 0.15) is 6.04 Å². The lowest BCUT2D eigenvalue weighted by Gasteiger charge is -2.23. The molecule has 2 aromatic carbocycles. The summed E-state index contributed by atoms with van der Waals surface area (Å²) in [7, 11) is 0. The minimum atomic E-state index is -0.880. The molecule has 7 heteroatoms. The van der Waals surface area contributed by atoms with Crippen LogP contribution in [0.1, 0.15) is 127 Å². The molecular weight excluding hydrogens is 570 g/mol. The molecule has 0 spiro atoms. The number of hydrogen-bond donors (Lipinski definition) is 3. The number of unbranched alkanes of at least 4 members (excludes halogenated alkanes) is 14. The Kier molecular flexibility index (Phi) is 21.4. The monoisotopic (exact) mass is 627 g/mol. The van der Waals surface area contributed by atoms with Gasteiger partial charge in [0.25, 0.3) is 0 Å². The molecule has 0 heterocycles. The third-order valence-electron chi connectivity index (χ3n) is 7.87. The lowest BCUT2D eigenvalue weighted by Crippen LogP contribution is -2.44. The number of rotatable bonds is 26. The van der Waals surface area contributed by atoms with Gasteiger partial charge in [0.15, 0.2) is 6.10 Å². The first-order chi connectivity index (χ1) is 21.5. The number of hydrogen-bond acceptors (Lipinski definition) is 6. The molecule has 246 valence electrons. The maximum absolute atomic E-state index is 13.4. The van der Waals surface area contributed by atoms with Crippen molar-refractivity contribution in [2.75, 3.05) is 18.1 Å². The predicted octanol–water partition coefficient (Wildman–Crippen LogP) is 8.15. The smallest absolute Gasteiger partial charge is 0.330 e. The lowest BCUT2D eigenvalue weighted by atomic mass is 10.0. The highest BCUT2D eigenvalue weighted by atomic mass is 32.2. The van der Waals surface area contributed by atoms with Gasteiger partial charge in [-0.05, 0) is 17.5 Å². The van der Waals surface area contributed by atoms with E-state index in [9.17, 15) is 14.7 Å². The normalized spacial score (nSPS) is 12.6. The number of thioether (sulfide) groups is 1. The van der Waals surface area contributed by atoms with E-state index < -0.39 is 24.2 Å². The highest BCUT2D eigenvalue weighted by Crippen LogP contribution is 2.27. The fourth-order valence-electron chi connectivity index (χ4n) is 5.25. The first kappa shape index (κ1) is 37.8. The second-order valence-corrected chi connectivity index (χ2v) is 12.9. The summed E-state index contributed by atoms with van der Waals surface area (Å²) in [6.07, 6.45) is 17.9. The van der Waals surface area contributed by atoms with Gasteiger partial charge in [-0.25, -0.2) is 4.79 Å². The molecule has 1 amide bonds. The summed E-state index contributed by atoms with van der Waals surface area (Å²) in [5.74, 6) is -0.174. The molecule has 0 radical (unpaired) electrons. The summed E-state index contributed by atoms with van der Waals surface area (Å²) in [4.78, 5) is 26.3. The number of nitrogens with one attached hydrogen (secondary N) is 1. The minimum absolute atomic E-state index is 0.166. The van der Waals surface area contributed by atoms with Crippen LogP contribution >= 0.6 is 11.8 Å². The van der Waals surface area contributed by atoms with Gasteiger partial charge < -0.3 is 20.3 Å². The Morgan fingerprint density at radius 2 is 1.16 bits per heavy atom. The van der Waals surface area contributed by atoms with E-state index in [1.54, 1.807) is 0 Å².